The van der Waals surface area contributed by atoms with Crippen molar-refractivity contribution in [1.29, 1.82) is 5.26 Å². The predicted molar refractivity (Wildman–Crippen MR) is 48.5 cm³/mol. The van der Waals surface area contributed by atoms with E-state index in [1.165, 1.54) is 5.56 Å². The first-order valence-corrected chi connectivity index (χ1v) is 3.86. The third-order valence-electron chi connectivity index (χ3n) is 1.55. The molecule has 1 rings (SSSR count). The Labute approximate surface area is 73.0 Å². The molecule has 0 atom stereocenters. The first kappa shape index (κ1) is 8.76. The molecule has 0 fully saturated rings. The van der Waals surface area contributed by atoms with Crippen molar-refractivity contribution in [3.63, 3.8) is 0 Å². The minimum atomic E-state index is 0.731. The molecule has 0 N–H and O–H groups in total. The standard InChI is InChI=1S/C10H12N2/c1-12(2)8-10-5-3-4-9(6-10)7-11/h3-6H,8H2,1-2H3. The Morgan fingerprint density at radius 3 is 2.75 bits per heavy atom. The van der Waals surface area contributed by atoms with Crippen LogP contribution >= 0.6 is 0 Å². The summed E-state index contributed by atoms with van der Waals surface area (Å²) in [6.45, 7) is 0.884. The Morgan fingerprint density at radius 1 is 1.42 bits per heavy atom. The summed E-state index contributed by atoms with van der Waals surface area (Å²) in [4.78, 5) is 2.08. The lowest BCUT2D eigenvalue weighted by Gasteiger charge is -2.08. The minimum Gasteiger partial charge on any atom is -0.305 e. The molecule has 0 aliphatic carbocycles. The molecule has 2 nitrogen and oxygen atoms in total. The molecular weight excluding hydrogens is 148 g/mol. The van der Waals surface area contributed by atoms with Crippen LogP contribution in [0.1, 0.15) is 11.1 Å². The van der Waals surface area contributed by atoms with Crippen molar-refractivity contribution >= 4 is 0 Å². The number of hydrogen-bond acceptors (Lipinski definition) is 2. The van der Waals surface area contributed by atoms with Crippen LogP contribution in [0.15, 0.2) is 24.3 Å². The molecule has 62 valence electrons. The molecule has 2 heteroatoms. The van der Waals surface area contributed by atoms with Gasteiger partial charge in [0.1, 0.15) is 0 Å². The van der Waals surface area contributed by atoms with Crippen molar-refractivity contribution < 1.29 is 0 Å². The lowest BCUT2D eigenvalue weighted by Crippen LogP contribution is -2.10. The average molecular weight is 160 g/mol. The molecule has 0 aliphatic rings. The summed E-state index contributed by atoms with van der Waals surface area (Å²) in [5.74, 6) is 0. The highest BCUT2D eigenvalue weighted by Crippen LogP contribution is 2.05. The van der Waals surface area contributed by atoms with E-state index in [0.29, 0.717) is 0 Å². The maximum Gasteiger partial charge on any atom is 0.0991 e. The first-order valence-electron chi connectivity index (χ1n) is 3.86. The van der Waals surface area contributed by atoms with E-state index < -0.39 is 0 Å². The summed E-state index contributed by atoms with van der Waals surface area (Å²) in [7, 11) is 4.03. The molecule has 1 aromatic rings. The topological polar surface area (TPSA) is 27.0 Å². The molecule has 0 aliphatic heterocycles. The second-order valence-corrected chi connectivity index (χ2v) is 3.05. The van der Waals surface area contributed by atoms with Crippen molar-refractivity contribution in [2.75, 3.05) is 14.1 Å². The zero-order chi connectivity index (χ0) is 8.97. The van der Waals surface area contributed by atoms with Crippen LogP contribution in [0.2, 0.25) is 0 Å². The van der Waals surface area contributed by atoms with Gasteiger partial charge in [-0.1, -0.05) is 12.1 Å². The van der Waals surface area contributed by atoms with Gasteiger partial charge < -0.3 is 4.90 Å². The predicted octanol–water partition coefficient (Wildman–Crippen LogP) is 1.62. The van der Waals surface area contributed by atoms with E-state index in [-0.39, 0.29) is 0 Å². The minimum absolute atomic E-state index is 0.731. The zero-order valence-electron chi connectivity index (χ0n) is 7.41. The van der Waals surface area contributed by atoms with Gasteiger partial charge in [-0.3, -0.25) is 0 Å². The lowest BCUT2D eigenvalue weighted by atomic mass is 10.1. The van der Waals surface area contributed by atoms with E-state index in [1.807, 2.05) is 38.4 Å². The van der Waals surface area contributed by atoms with Crippen LogP contribution < -0.4 is 0 Å². The SMILES string of the molecule is CN(C)Cc1cccc(C#N)c1. The summed E-state index contributed by atoms with van der Waals surface area (Å²) in [5, 5.41) is 8.63. The highest BCUT2D eigenvalue weighted by Gasteiger charge is 1.95. The molecule has 12 heavy (non-hydrogen) atoms. The quantitative estimate of drug-likeness (QED) is 0.657. The summed E-state index contributed by atoms with van der Waals surface area (Å²) in [6, 6.07) is 9.80. The molecule has 0 saturated carbocycles. The van der Waals surface area contributed by atoms with Gasteiger partial charge in [-0.05, 0) is 31.8 Å². The van der Waals surface area contributed by atoms with Crippen molar-refractivity contribution in [2.45, 2.75) is 6.54 Å². The summed E-state index contributed by atoms with van der Waals surface area (Å²) in [6.07, 6.45) is 0. The molecule has 1 aromatic carbocycles. The number of rotatable bonds is 2. The fourth-order valence-corrected chi connectivity index (χ4v) is 1.10. The summed E-state index contributed by atoms with van der Waals surface area (Å²) < 4.78 is 0. The maximum absolute atomic E-state index is 8.63. The Kier molecular flexibility index (Phi) is 2.84. The van der Waals surface area contributed by atoms with E-state index in [0.717, 1.165) is 12.1 Å². The van der Waals surface area contributed by atoms with Crippen LogP contribution in [0.3, 0.4) is 0 Å². The van der Waals surface area contributed by atoms with E-state index in [4.69, 9.17) is 5.26 Å². The largest absolute Gasteiger partial charge is 0.305 e. The third kappa shape index (κ3) is 2.37. The lowest BCUT2D eigenvalue weighted by molar-refractivity contribution is 0.402. The van der Waals surface area contributed by atoms with Gasteiger partial charge in [-0.25, -0.2) is 0 Å². The Morgan fingerprint density at radius 2 is 2.17 bits per heavy atom. The van der Waals surface area contributed by atoms with E-state index in [9.17, 15) is 0 Å². The molecule has 0 heterocycles. The van der Waals surface area contributed by atoms with Crippen LogP contribution in [0.25, 0.3) is 0 Å². The van der Waals surface area contributed by atoms with E-state index in [1.54, 1.807) is 0 Å². The molecule has 0 radical (unpaired) electrons. The van der Waals surface area contributed by atoms with Crippen LogP contribution in [0.5, 0.6) is 0 Å². The molecule has 0 aromatic heterocycles. The van der Waals surface area contributed by atoms with Crippen LogP contribution in [0, 0.1) is 11.3 Å². The zero-order valence-corrected chi connectivity index (χ0v) is 7.41. The van der Waals surface area contributed by atoms with Crippen LogP contribution in [-0.2, 0) is 6.54 Å². The van der Waals surface area contributed by atoms with Crippen molar-refractivity contribution in [3.05, 3.63) is 35.4 Å². The van der Waals surface area contributed by atoms with Crippen LogP contribution in [-0.4, -0.2) is 19.0 Å². The number of hydrogen-bond donors (Lipinski definition) is 0. The monoisotopic (exact) mass is 160 g/mol. The number of nitriles is 1. The molecule has 0 spiro atoms. The molecular formula is C10H12N2. The maximum atomic E-state index is 8.63. The Bertz CT molecular complexity index is 297. The summed E-state index contributed by atoms with van der Waals surface area (Å²) >= 11 is 0. The summed E-state index contributed by atoms with van der Waals surface area (Å²) in [5.41, 5.74) is 1.91. The van der Waals surface area contributed by atoms with Gasteiger partial charge in [-0.15, -0.1) is 0 Å². The van der Waals surface area contributed by atoms with Crippen molar-refractivity contribution in [1.82, 2.24) is 4.90 Å². The highest BCUT2D eigenvalue weighted by atomic mass is 15.0. The second-order valence-electron chi connectivity index (χ2n) is 3.05. The molecule has 0 unspecified atom stereocenters. The fraction of sp³-hybridized carbons (Fsp3) is 0.300. The van der Waals surface area contributed by atoms with E-state index in [2.05, 4.69) is 11.0 Å². The number of benzene rings is 1. The van der Waals surface area contributed by atoms with Gasteiger partial charge >= 0.3 is 0 Å². The average Bonchev–Trinajstić information content (AvgIpc) is 2.03. The van der Waals surface area contributed by atoms with Gasteiger partial charge in [0.25, 0.3) is 0 Å². The van der Waals surface area contributed by atoms with Gasteiger partial charge in [0.2, 0.25) is 0 Å². The third-order valence-corrected chi connectivity index (χ3v) is 1.55. The Hall–Kier alpha value is -1.33. The normalized spacial score (nSPS) is 9.83. The van der Waals surface area contributed by atoms with Crippen molar-refractivity contribution in [2.24, 2.45) is 0 Å². The van der Waals surface area contributed by atoms with Crippen molar-refractivity contribution in [3.8, 4) is 6.07 Å². The highest BCUT2D eigenvalue weighted by molar-refractivity contribution is 5.32. The molecule has 0 bridgehead atoms. The fourth-order valence-electron chi connectivity index (χ4n) is 1.10. The van der Waals surface area contributed by atoms with E-state index >= 15 is 0 Å². The smallest absolute Gasteiger partial charge is 0.0991 e. The molecule has 0 saturated heterocycles. The van der Waals surface area contributed by atoms with Gasteiger partial charge in [-0.2, -0.15) is 5.26 Å². The van der Waals surface area contributed by atoms with Gasteiger partial charge in [0.05, 0.1) is 11.6 Å². The second kappa shape index (κ2) is 3.89. The Balaban J connectivity index is 2.81. The first-order chi connectivity index (χ1) is 5.72. The number of nitrogens with zero attached hydrogens (tertiary/aromatic N) is 2. The van der Waals surface area contributed by atoms with Crippen LogP contribution in [0.4, 0.5) is 0 Å². The molecule has 0 amide bonds. The van der Waals surface area contributed by atoms with Gasteiger partial charge in [0.15, 0.2) is 0 Å². The van der Waals surface area contributed by atoms with Gasteiger partial charge in [0, 0.05) is 6.54 Å².